The number of allylic oxidation sites excluding steroid dienone is 1. The highest BCUT2D eigenvalue weighted by atomic mass is 19.1. The van der Waals surface area contributed by atoms with E-state index in [4.69, 9.17) is 9.47 Å². The molecule has 0 radical (unpaired) electrons. The van der Waals surface area contributed by atoms with E-state index in [0.717, 1.165) is 12.8 Å². The van der Waals surface area contributed by atoms with Gasteiger partial charge in [-0.15, -0.1) is 0 Å². The Morgan fingerprint density at radius 2 is 2.12 bits per heavy atom. The smallest absolute Gasteiger partial charge is 0.340 e. The molecule has 0 aliphatic carbocycles. The molecule has 0 bridgehead atoms. The van der Waals surface area contributed by atoms with Crippen molar-refractivity contribution in [2.45, 2.75) is 25.9 Å². The number of ether oxygens (including phenoxy) is 2. The highest BCUT2D eigenvalue weighted by Gasteiger charge is 2.38. The summed E-state index contributed by atoms with van der Waals surface area (Å²) in [7, 11) is 1.28. The molecule has 25 heavy (non-hydrogen) atoms. The van der Waals surface area contributed by atoms with Crippen LogP contribution < -0.4 is 0 Å². The van der Waals surface area contributed by atoms with Crippen molar-refractivity contribution in [2.75, 3.05) is 20.3 Å². The van der Waals surface area contributed by atoms with Crippen molar-refractivity contribution in [3.05, 3.63) is 52.5 Å². The van der Waals surface area contributed by atoms with Crippen LogP contribution >= 0.6 is 0 Å². The summed E-state index contributed by atoms with van der Waals surface area (Å²) < 4.78 is 23.6. The number of nitrogens with zero attached hydrogens (tertiary/aromatic N) is 1. The fraction of sp³-hybridized carbons (Fsp3) is 0.368. The molecular formula is C19H20FNO4. The van der Waals surface area contributed by atoms with Crippen LogP contribution in [0.3, 0.4) is 0 Å². The third kappa shape index (κ3) is 3.49. The summed E-state index contributed by atoms with van der Waals surface area (Å²) >= 11 is 0. The van der Waals surface area contributed by atoms with Crippen LogP contribution in [0.4, 0.5) is 4.39 Å². The summed E-state index contributed by atoms with van der Waals surface area (Å²) in [5.41, 5.74) is 1.70. The minimum absolute atomic E-state index is 0.0250. The Kier molecular flexibility index (Phi) is 4.99. The lowest BCUT2D eigenvalue weighted by molar-refractivity contribution is -0.136. The Morgan fingerprint density at radius 1 is 1.40 bits per heavy atom. The Morgan fingerprint density at radius 3 is 2.72 bits per heavy atom. The summed E-state index contributed by atoms with van der Waals surface area (Å²) in [6.45, 7) is 2.83. The standard InChI is InChI=1S/C19H20FNO4/c1-12-17(19(23)24-2)16(10-13-5-7-14(20)8-6-13)18(22)21(12)11-15-4-3-9-25-15/h5-8,10,15H,3-4,9,11H2,1-2H3/b16-10-/t15-/m1/s1. The predicted molar refractivity (Wildman–Crippen MR) is 89.8 cm³/mol. The number of methoxy groups -OCH3 is 1. The molecule has 5 nitrogen and oxygen atoms in total. The van der Waals surface area contributed by atoms with Gasteiger partial charge in [-0.25, -0.2) is 9.18 Å². The first-order chi connectivity index (χ1) is 12.0. The zero-order valence-corrected chi connectivity index (χ0v) is 14.3. The molecule has 6 heteroatoms. The molecule has 0 spiro atoms. The summed E-state index contributed by atoms with van der Waals surface area (Å²) in [5, 5.41) is 0. The minimum Gasteiger partial charge on any atom is -0.465 e. The van der Waals surface area contributed by atoms with Crippen LogP contribution in [0.25, 0.3) is 6.08 Å². The average Bonchev–Trinajstić information content (AvgIpc) is 3.19. The van der Waals surface area contributed by atoms with Gasteiger partial charge in [0.1, 0.15) is 5.82 Å². The first kappa shape index (κ1) is 17.4. The molecule has 1 saturated heterocycles. The van der Waals surface area contributed by atoms with Gasteiger partial charge in [0, 0.05) is 12.3 Å². The molecule has 0 unspecified atom stereocenters. The fourth-order valence-electron chi connectivity index (χ4n) is 3.17. The summed E-state index contributed by atoms with van der Waals surface area (Å²) in [6.07, 6.45) is 3.43. The van der Waals surface area contributed by atoms with Crippen molar-refractivity contribution in [1.82, 2.24) is 4.90 Å². The van der Waals surface area contributed by atoms with Crippen molar-refractivity contribution >= 4 is 18.0 Å². The molecule has 132 valence electrons. The Balaban J connectivity index is 1.96. The number of carbonyl (C=O) groups excluding carboxylic acids is 2. The number of rotatable bonds is 4. The van der Waals surface area contributed by atoms with Crippen molar-refractivity contribution in [1.29, 1.82) is 0 Å². The summed E-state index contributed by atoms with van der Waals surface area (Å²) in [5.74, 6) is -1.19. The number of hydrogen-bond donors (Lipinski definition) is 0. The van der Waals surface area contributed by atoms with Crippen molar-refractivity contribution in [2.24, 2.45) is 0 Å². The highest BCUT2D eigenvalue weighted by molar-refractivity contribution is 6.16. The number of halogens is 1. The summed E-state index contributed by atoms with van der Waals surface area (Å²) in [6, 6.07) is 5.74. The highest BCUT2D eigenvalue weighted by Crippen LogP contribution is 2.32. The van der Waals surface area contributed by atoms with Gasteiger partial charge in [0.15, 0.2) is 0 Å². The van der Waals surface area contributed by atoms with Crippen LogP contribution in [0.15, 0.2) is 41.1 Å². The van der Waals surface area contributed by atoms with Crippen molar-refractivity contribution < 1.29 is 23.5 Å². The minimum atomic E-state index is -0.561. The monoisotopic (exact) mass is 345 g/mol. The Bertz CT molecular complexity index is 745. The summed E-state index contributed by atoms with van der Waals surface area (Å²) in [4.78, 5) is 26.7. The molecule has 0 N–H and O–H groups in total. The number of amides is 1. The van der Waals surface area contributed by atoms with Gasteiger partial charge in [-0.3, -0.25) is 4.79 Å². The van der Waals surface area contributed by atoms with Gasteiger partial charge < -0.3 is 14.4 Å². The topological polar surface area (TPSA) is 55.8 Å². The van der Waals surface area contributed by atoms with Crippen molar-refractivity contribution in [3.8, 4) is 0 Å². The number of carbonyl (C=O) groups is 2. The lowest BCUT2D eigenvalue weighted by Gasteiger charge is -2.21. The molecule has 1 atom stereocenters. The number of esters is 1. The maximum Gasteiger partial charge on any atom is 0.340 e. The quantitative estimate of drug-likeness (QED) is 0.622. The van der Waals surface area contributed by atoms with Crippen LogP contribution in [0.5, 0.6) is 0 Å². The second kappa shape index (κ2) is 7.19. The van der Waals surface area contributed by atoms with Gasteiger partial charge >= 0.3 is 5.97 Å². The molecule has 1 aromatic carbocycles. The fourth-order valence-corrected chi connectivity index (χ4v) is 3.17. The molecule has 2 aliphatic rings. The first-order valence-electron chi connectivity index (χ1n) is 8.21. The van der Waals surface area contributed by atoms with E-state index in [0.29, 0.717) is 24.4 Å². The van der Waals surface area contributed by atoms with E-state index in [9.17, 15) is 14.0 Å². The second-order valence-electron chi connectivity index (χ2n) is 6.11. The van der Waals surface area contributed by atoms with Crippen molar-refractivity contribution in [3.63, 3.8) is 0 Å². The van der Waals surface area contributed by atoms with E-state index >= 15 is 0 Å². The molecule has 3 rings (SSSR count). The molecule has 1 aromatic rings. The molecule has 0 aromatic heterocycles. The van der Waals surface area contributed by atoms with E-state index in [2.05, 4.69) is 0 Å². The number of hydrogen-bond acceptors (Lipinski definition) is 4. The molecule has 1 amide bonds. The molecule has 1 fully saturated rings. The van der Waals surface area contributed by atoms with Gasteiger partial charge in [0.25, 0.3) is 5.91 Å². The van der Waals surface area contributed by atoms with Crippen LogP contribution in [-0.2, 0) is 19.1 Å². The largest absolute Gasteiger partial charge is 0.465 e. The Labute approximate surface area is 145 Å². The lowest BCUT2D eigenvalue weighted by Crippen LogP contribution is -2.33. The van der Waals surface area contributed by atoms with E-state index in [1.165, 1.54) is 19.2 Å². The molecule has 2 heterocycles. The van der Waals surface area contributed by atoms with E-state index < -0.39 is 5.97 Å². The maximum atomic E-state index is 13.1. The Hall–Kier alpha value is -2.47. The first-order valence-corrected chi connectivity index (χ1v) is 8.21. The zero-order chi connectivity index (χ0) is 18.0. The normalized spacial score (nSPS) is 22.2. The third-order valence-electron chi connectivity index (χ3n) is 4.49. The average molecular weight is 345 g/mol. The SMILES string of the molecule is COC(=O)C1=C(C)N(C[C@H]2CCCO2)C(=O)/C1=C\c1ccc(F)cc1. The predicted octanol–water partition coefficient (Wildman–Crippen LogP) is 2.68. The van der Waals surface area contributed by atoms with E-state index in [1.807, 2.05) is 0 Å². The van der Waals surface area contributed by atoms with Crippen LogP contribution in [0.1, 0.15) is 25.3 Å². The second-order valence-corrected chi connectivity index (χ2v) is 6.11. The van der Waals surface area contributed by atoms with Crippen LogP contribution in [-0.4, -0.2) is 43.1 Å². The van der Waals surface area contributed by atoms with Gasteiger partial charge in [-0.2, -0.15) is 0 Å². The lowest BCUT2D eigenvalue weighted by atomic mass is 10.0. The van der Waals surface area contributed by atoms with Crippen LogP contribution in [0, 0.1) is 5.82 Å². The molecule has 2 aliphatic heterocycles. The van der Waals surface area contributed by atoms with E-state index in [-0.39, 0.29) is 29.0 Å². The third-order valence-corrected chi connectivity index (χ3v) is 4.49. The zero-order valence-electron chi connectivity index (χ0n) is 14.3. The van der Waals surface area contributed by atoms with Gasteiger partial charge in [0.2, 0.25) is 0 Å². The molecular weight excluding hydrogens is 325 g/mol. The molecule has 0 saturated carbocycles. The van der Waals surface area contributed by atoms with Gasteiger partial charge in [-0.1, -0.05) is 12.1 Å². The van der Waals surface area contributed by atoms with Gasteiger partial charge in [0.05, 0.1) is 30.9 Å². The van der Waals surface area contributed by atoms with Gasteiger partial charge in [-0.05, 0) is 43.5 Å². The number of benzene rings is 1. The van der Waals surface area contributed by atoms with Crippen LogP contribution in [0.2, 0.25) is 0 Å². The van der Waals surface area contributed by atoms with E-state index in [1.54, 1.807) is 30.0 Å². The maximum absolute atomic E-state index is 13.1.